The molecule has 1 aliphatic carbocycles. The Hall–Kier alpha value is -1.09. The summed E-state index contributed by atoms with van der Waals surface area (Å²) in [6.45, 7) is 2.13. The Morgan fingerprint density at radius 1 is 1.56 bits per heavy atom. The average Bonchev–Trinajstić information content (AvgIpc) is 3.03. The van der Waals surface area contributed by atoms with Gasteiger partial charge < -0.3 is 4.74 Å². The predicted octanol–water partition coefficient (Wildman–Crippen LogP) is 3.07. The van der Waals surface area contributed by atoms with Gasteiger partial charge in [-0.15, -0.1) is 0 Å². The first-order valence-corrected chi connectivity index (χ1v) is 5.61. The fourth-order valence-corrected chi connectivity index (χ4v) is 1.98. The van der Waals surface area contributed by atoms with E-state index < -0.39 is 11.2 Å². The van der Waals surface area contributed by atoms with E-state index in [0.29, 0.717) is 6.61 Å². The first kappa shape index (κ1) is 11.4. The quantitative estimate of drug-likeness (QED) is 0.762. The van der Waals surface area contributed by atoms with Crippen molar-refractivity contribution in [1.29, 1.82) is 0 Å². The number of hydrogen-bond donors (Lipinski definition) is 0. The molecule has 4 heteroatoms. The summed E-state index contributed by atoms with van der Waals surface area (Å²) < 4.78 is 18.0. The molecule has 0 unspecified atom stereocenters. The second kappa shape index (κ2) is 4.06. The van der Waals surface area contributed by atoms with Gasteiger partial charge in [-0.1, -0.05) is 17.7 Å². The fraction of sp³-hybridized carbons (Fsp3) is 0.417. The molecule has 0 heterocycles. The molecular formula is C12H12ClFO2. The Morgan fingerprint density at radius 3 is 2.75 bits per heavy atom. The maximum absolute atomic E-state index is 13.0. The lowest BCUT2D eigenvalue weighted by Crippen LogP contribution is -2.23. The molecule has 0 amide bonds. The van der Waals surface area contributed by atoms with Crippen LogP contribution in [0.4, 0.5) is 4.39 Å². The molecular weight excluding hydrogens is 231 g/mol. The summed E-state index contributed by atoms with van der Waals surface area (Å²) in [5, 5.41) is 0.0491. The zero-order valence-electron chi connectivity index (χ0n) is 8.93. The van der Waals surface area contributed by atoms with Gasteiger partial charge in [0.25, 0.3) is 0 Å². The molecule has 0 bridgehead atoms. The number of hydrogen-bond acceptors (Lipinski definition) is 2. The third-order valence-electron chi connectivity index (χ3n) is 2.89. The molecule has 0 N–H and O–H groups in total. The summed E-state index contributed by atoms with van der Waals surface area (Å²) in [4.78, 5) is 11.8. The molecule has 0 saturated heterocycles. The van der Waals surface area contributed by atoms with Gasteiger partial charge >= 0.3 is 5.97 Å². The molecule has 1 aromatic rings. The molecule has 2 rings (SSSR count). The minimum Gasteiger partial charge on any atom is -0.465 e. The van der Waals surface area contributed by atoms with Crippen molar-refractivity contribution in [3.8, 4) is 0 Å². The smallest absolute Gasteiger partial charge is 0.316 e. The lowest BCUT2D eigenvalue weighted by atomic mass is 9.96. The minimum atomic E-state index is -0.576. The molecule has 16 heavy (non-hydrogen) atoms. The van der Waals surface area contributed by atoms with Crippen molar-refractivity contribution in [2.24, 2.45) is 0 Å². The summed E-state index contributed by atoms with van der Waals surface area (Å²) >= 11 is 5.70. The van der Waals surface area contributed by atoms with Crippen LogP contribution < -0.4 is 0 Å². The van der Waals surface area contributed by atoms with Crippen LogP contribution in [0, 0.1) is 5.82 Å². The van der Waals surface area contributed by atoms with E-state index in [2.05, 4.69) is 0 Å². The predicted molar refractivity (Wildman–Crippen MR) is 59.0 cm³/mol. The molecule has 2 nitrogen and oxygen atoms in total. The van der Waals surface area contributed by atoms with Crippen LogP contribution in [-0.2, 0) is 14.9 Å². The first-order valence-electron chi connectivity index (χ1n) is 5.23. The van der Waals surface area contributed by atoms with Crippen LogP contribution in [-0.4, -0.2) is 12.6 Å². The molecule has 1 aliphatic rings. The molecule has 0 aromatic heterocycles. The molecule has 0 atom stereocenters. The van der Waals surface area contributed by atoms with E-state index in [4.69, 9.17) is 16.3 Å². The summed E-state index contributed by atoms with van der Waals surface area (Å²) in [5.74, 6) is -0.706. The Labute approximate surface area is 98.4 Å². The highest BCUT2D eigenvalue weighted by molar-refractivity contribution is 6.30. The lowest BCUT2D eigenvalue weighted by molar-refractivity contribution is -0.146. The van der Waals surface area contributed by atoms with Crippen molar-refractivity contribution < 1.29 is 13.9 Å². The topological polar surface area (TPSA) is 26.3 Å². The second-order valence-electron chi connectivity index (χ2n) is 3.93. The van der Waals surface area contributed by atoms with Gasteiger partial charge in [-0.3, -0.25) is 4.79 Å². The zero-order chi connectivity index (χ0) is 11.8. The van der Waals surface area contributed by atoms with Crippen LogP contribution in [0.15, 0.2) is 18.2 Å². The SMILES string of the molecule is CCOC(=O)C1(c2ccc(F)c(Cl)c2)CC1. The Kier molecular flexibility index (Phi) is 2.89. The van der Waals surface area contributed by atoms with E-state index >= 15 is 0 Å². The van der Waals surface area contributed by atoms with Crippen LogP contribution in [0.1, 0.15) is 25.3 Å². The average molecular weight is 243 g/mol. The van der Waals surface area contributed by atoms with E-state index in [1.54, 1.807) is 13.0 Å². The van der Waals surface area contributed by atoms with E-state index in [9.17, 15) is 9.18 Å². The standard InChI is InChI=1S/C12H12ClFO2/c1-2-16-11(15)12(5-6-12)8-3-4-10(14)9(13)7-8/h3-4,7H,2,5-6H2,1H3. The minimum absolute atomic E-state index is 0.0491. The van der Waals surface area contributed by atoms with Crippen LogP contribution >= 0.6 is 11.6 Å². The highest BCUT2D eigenvalue weighted by Crippen LogP contribution is 2.49. The van der Waals surface area contributed by atoms with Crippen LogP contribution in [0.2, 0.25) is 5.02 Å². The number of rotatable bonds is 3. The van der Waals surface area contributed by atoms with Gasteiger partial charge in [0.2, 0.25) is 0 Å². The van der Waals surface area contributed by atoms with Crippen molar-refractivity contribution >= 4 is 17.6 Å². The molecule has 0 spiro atoms. The van der Waals surface area contributed by atoms with Gasteiger partial charge in [-0.25, -0.2) is 4.39 Å². The van der Waals surface area contributed by atoms with Crippen molar-refractivity contribution in [3.63, 3.8) is 0 Å². The molecule has 0 radical (unpaired) electrons. The first-order chi connectivity index (χ1) is 7.60. The second-order valence-corrected chi connectivity index (χ2v) is 4.34. The summed E-state index contributed by atoms with van der Waals surface area (Å²) in [7, 11) is 0. The largest absolute Gasteiger partial charge is 0.465 e. The van der Waals surface area contributed by atoms with Crippen LogP contribution in [0.25, 0.3) is 0 Å². The fourth-order valence-electron chi connectivity index (χ4n) is 1.80. The molecule has 86 valence electrons. The lowest BCUT2D eigenvalue weighted by Gasteiger charge is -2.14. The van der Waals surface area contributed by atoms with Gasteiger partial charge in [-0.2, -0.15) is 0 Å². The third kappa shape index (κ3) is 1.80. The zero-order valence-corrected chi connectivity index (χ0v) is 9.68. The van der Waals surface area contributed by atoms with E-state index in [1.165, 1.54) is 12.1 Å². The van der Waals surface area contributed by atoms with E-state index in [-0.39, 0.29) is 11.0 Å². The van der Waals surface area contributed by atoms with Crippen LogP contribution in [0.3, 0.4) is 0 Å². The Bertz CT molecular complexity index is 427. The molecule has 1 aromatic carbocycles. The number of carbonyl (C=O) groups excluding carboxylic acids is 1. The third-order valence-corrected chi connectivity index (χ3v) is 3.18. The van der Waals surface area contributed by atoms with Crippen molar-refractivity contribution in [2.75, 3.05) is 6.61 Å². The van der Waals surface area contributed by atoms with Crippen molar-refractivity contribution in [1.82, 2.24) is 0 Å². The number of benzene rings is 1. The summed E-state index contributed by atoms with van der Waals surface area (Å²) in [5.41, 5.74) is 0.172. The monoisotopic (exact) mass is 242 g/mol. The molecule has 1 fully saturated rings. The molecule has 1 saturated carbocycles. The number of halogens is 2. The maximum atomic E-state index is 13.0. The van der Waals surface area contributed by atoms with Gasteiger partial charge in [0, 0.05) is 0 Å². The van der Waals surface area contributed by atoms with Crippen molar-refractivity contribution in [3.05, 3.63) is 34.6 Å². The number of esters is 1. The van der Waals surface area contributed by atoms with E-state index in [1.807, 2.05) is 0 Å². The highest BCUT2D eigenvalue weighted by Gasteiger charge is 2.52. The highest BCUT2D eigenvalue weighted by atomic mass is 35.5. The number of ether oxygens (including phenoxy) is 1. The van der Waals surface area contributed by atoms with Gasteiger partial charge in [0.1, 0.15) is 5.82 Å². The Morgan fingerprint density at radius 2 is 2.25 bits per heavy atom. The van der Waals surface area contributed by atoms with Gasteiger partial charge in [0.15, 0.2) is 0 Å². The normalized spacial score (nSPS) is 16.9. The van der Waals surface area contributed by atoms with Gasteiger partial charge in [0.05, 0.1) is 17.0 Å². The summed E-state index contributed by atoms with van der Waals surface area (Å²) in [6.07, 6.45) is 1.49. The van der Waals surface area contributed by atoms with Crippen molar-refractivity contribution in [2.45, 2.75) is 25.2 Å². The molecule has 0 aliphatic heterocycles. The van der Waals surface area contributed by atoms with Gasteiger partial charge in [-0.05, 0) is 37.5 Å². The van der Waals surface area contributed by atoms with E-state index in [0.717, 1.165) is 18.4 Å². The Balaban J connectivity index is 2.30. The summed E-state index contributed by atoms with van der Waals surface area (Å²) in [6, 6.07) is 4.41. The number of carbonyl (C=O) groups is 1. The van der Waals surface area contributed by atoms with Crippen LogP contribution in [0.5, 0.6) is 0 Å². The maximum Gasteiger partial charge on any atom is 0.316 e.